The standard InChI is InChI=1S/C17H15Cl2NO3/c1-10-5-3-6-12(9-10)20-16(21)11(2)23-17(22)15-13(18)7-4-8-14(15)19/h3-9,11H,1-2H3,(H,20,21)/t11-/m0/s1. The zero-order valence-corrected chi connectivity index (χ0v) is 14.1. The average Bonchev–Trinajstić information content (AvgIpc) is 2.46. The van der Waals surface area contributed by atoms with E-state index < -0.39 is 18.0 Å². The maximum Gasteiger partial charge on any atom is 0.341 e. The van der Waals surface area contributed by atoms with Crippen LogP contribution in [0.1, 0.15) is 22.8 Å². The molecule has 23 heavy (non-hydrogen) atoms. The van der Waals surface area contributed by atoms with E-state index in [1.807, 2.05) is 25.1 Å². The molecule has 2 rings (SSSR count). The molecule has 1 amide bonds. The third-order valence-electron chi connectivity index (χ3n) is 3.11. The van der Waals surface area contributed by atoms with E-state index in [0.717, 1.165) is 5.56 Å². The summed E-state index contributed by atoms with van der Waals surface area (Å²) in [6, 6.07) is 12.0. The van der Waals surface area contributed by atoms with Crippen LogP contribution in [0.2, 0.25) is 10.0 Å². The van der Waals surface area contributed by atoms with Crippen LogP contribution in [0.4, 0.5) is 5.69 Å². The summed E-state index contributed by atoms with van der Waals surface area (Å²) in [5, 5.41) is 3.04. The normalized spacial score (nSPS) is 11.7. The summed E-state index contributed by atoms with van der Waals surface area (Å²) in [7, 11) is 0. The van der Waals surface area contributed by atoms with Gasteiger partial charge in [0.25, 0.3) is 5.91 Å². The maximum absolute atomic E-state index is 12.1. The average molecular weight is 352 g/mol. The van der Waals surface area contributed by atoms with E-state index in [4.69, 9.17) is 27.9 Å². The number of anilines is 1. The molecule has 6 heteroatoms. The highest BCUT2D eigenvalue weighted by molar-refractivity contribution is 6.39. The quantitative estimate of drug-likeness (QED) is 0.825. The van der Waals surface area contributed by atoms with E-state index in [1.165, 1.54) is 19.1 Å². The number of nitrogens with one attached hydrogen (secondary N) is 1. The fourth-order valence-corrected chi connectivity index (χ4v) is 2.48. The summed E-state index contributed by atoms with van der Waals surface area (Å²) in [6.45, 7) is 3.40. The summed E-state index contributed by atoms with van der Waals surface area (Å²) in [5.41, 5.74) is 1.69. The lowest BCUT2D eigenvalue weighted by atomic mass is 10.2. The van der Waals surface area contributed by atoms with Crippen molar-refractivity contribution < 1.29 is 14.3 Å². The first-order chi connectivity index (χ1) is 10.9. The molecule has 0 unspecified atom stereocenters. The number of halogens is 2. The molecule has 1 N–H and O–H groups in total. The van der Waals surface area contributed by atoms with Crippen LogP contribution in [-0.2, 0) is 9.53 Å². The van der Waals surface area contributed by atoms with Crippen LogP contribution in [0.5, 0.6) is 0 Å². The lowest BCUT2D eigenvalue weighted by Gasteiger charge is -2.15. The second kappa shape index (κ2) is 7.49. The Morgan fingerprint density at radius 2 is 1.70 bits per heavy atom. The van der Waals surface area contributed by atoms with E-state index in [2.05, 4.69) is 5.32 Å². The molecule has 0 aliphatic rings. The van der Waals surface area contributed by atoms with Crippen molar-refractivity contribution in [1.82, 2.24) is 0 Å². The number of hydrogen-bond acceptors (Lipinski definition) is 3. The molecule has 0 radical (unpaired) electrons. The Morgan fingerprint density at radius 1 is 1.09 bits per heavy atom. The first-order valence-electron chi connectivity index (χ1n) is 6.91. The number of benzene rings is 2. The summed E-state index contributed by atoms with van der Waals surface area (Å²) in [5.74, 6) is -1.18. The molecular formula is C17H15Cl2NO3. The molecule has 0 aliphatic carbocycles. The van der Waals surface area contributed by atoms with Gasteiger partial charge < -0.3 is 10.1 Å². The van der Waals surface area contributed by atoms with Crippen molar-refractivity contribution in [1.29, 1.82) is 0 Å². The zero-order valence-electron chi connectivity index (χ0n) is 12.6. The van der Waals surface area contributed by atoms with Crippen LogP contribution in [0, 0.1) is 6.92 Å². The van der Waals surface area contributed by atoms with Crippen LogP contribution in [-0.4, -0.2) is 18.0 Å². The number of hydrogen-bond donors (Lipinski definition) is 1. The number of carbonyl (C=O) groups excluding carboxylic acids is 2. The molecule has 4 nitrogen and oxygen atoms in total. The first-order valence-corrected chi connectivity index (χ1v) is 7.66. The summed E-state index contributed by atoms with van der Waals surface area (Å²) >= 11 is 11.9. The molecule has 0 saturated heterocycles. The van der Waals surface area contributed by atoms with Crippen LogP contribution >= 0.6 is 23.2 Å². The van der Waals surface area contributed by atoms with Gasteiger partial charge in [0, 0.05) is 5.69 Å². The van der Waals surface area contributed by atoms with Crippen molar-refractivity contribution >= 4 is 40.8 Å². The summed E-state index contributed by atoms with van der Waals surface area (Å²) in [4.78, 5) is 24.2. The molecular weight excluding hydrogens is 337 g/mol. The molecule has 0 saturated carbocycles. The van der Waals surface area contributed by atoms with Crippen LogP contribution in [0.15, 0.2) is 42.5 Å². The molecule has 2 aromatic carbocycles. The molecule has 0 heterocycles. The Hall–Kier alpha value is -2.04. The molecule has 120 valence electrons. The number of carbonyl (C=O) groups is 2. The van der Waals surface area contributed by atoms with Gasteiger partial charge in [0.1, 0.15) is 0 Å². The van der Waals surface area contributed by atoms with E-state index in [-0.39, 0.29) is 15.6 Å². The highest BCUT2D eigenvalue weighted by Crippen LogP contribution is 2.25. The van der Waals surface area contributed by atoms with Gasteiger partial charge in [0.2, 0.25) is 0 Å². The minimum atomic E-state index is -0.990. The zero-order chi connectivity index (χ0) is 17.0. The fraction of sp³-hybridized carbons (Fsp3) is 0.176. The van der Waals surface area contributed by atoms with Gasteiger partial charge in [-0.1, -0.05) is 41.4 Å². The van der Waals surface area contributed by atoms with Crippen LogP contribution < -0.4 is 5.32 Å². The number of esters is 1. The first kappa shape index (κ1) is 17.3. The third kappa shape index (κ3) is 4.47. The second-order valence-corrected chi connectivity index (χ2v) is 5.82. The third-order valence-corrected chi connectivity index (χ3v) is 3.74. The Labute approximate surface area is 144 Å². The van der Waals surface area contributed by atoms with Crippen molar-refractivity contribution in [3.05, 3.63) is 63.6 Å². The molecule has 0 spiro atoms. The monoisotopic (exact) mass is 351 g/mol. The Balaban J connectivity index is 2.05. The van der Waals surface area contributed by atoms with Gasteiger partial charge in [-0.15, -0.1) is 0 Å². The molecule has 0 bridgehead atoms. The molecule has 1 atom stereocenters. The van der Waals surface area contributed by atoms with Gasteiger partial charge >= 0.3 is 5.97 Å². The maximum atomic E-state index is 12.1. The predicted octanol–water partition coefficient (Wildman–Crippen LogP) is 4.49. The van der Waals surface area contributed by atoms with Gasteiger partial charge in [0.05, 0.1) is 15.6 Å². The fourth-order valence-electron chi connectivity index (χ4n) is 1.93. The number of ether oxygens (including phenoxy) is 1. The van der Waals surface area contributed by atoms with Crippen LogP contribution in [0.3, 0.4) is 0 Å². The highest BCUT2D eigenvalue weighted by Gasteiger charge is 2.22. The molecule has 0 aliphatic heterocycles. The van der Waals surface area contributed by atoms with Crippen molar-refractivity contribution in [3.63, 3.8) is 0 Å². The van der Waals surface area contributed by atoms with Gasteiger partial charge in [0.15, 0.2) is 6.10 Å². The SMILES string of the molecule is Cc1cccc(NC(=O)[C@H](C)OC(=O)c2c(Cl)cccc2Cl)c1. The Bertz CT molecular complexity index is 726. The smallest absolute Gasteiger partial charge is 0.341 e. The summed E-state index contributed by atoms with van der Waals surface area (Å²) in [6.07, 6.45) is -0.990. The Morgan fingerprint density at radius 3 is 2.30 bits per heavy atom. The van der Waals surface area contributed by atoms with Gasteiger partial charge in [-0.3, -0.25) is 4.79 Å². The van der Waals surface area contributed by atoms with Gasteiger partial charge in [-0.05, 0) is 43.7 Å². The second-order valence-electron chi connectivity index (χ2n) is 5.00. The summed E-state index contributed by atoms with van der Waals surface area (Å²) < 4.78 is 5.14. The minimum Gasteiger partial charge on any atom is -0.449 e. The number of aryl methyl sites for hydroxylation is 1. The predicted molar refractivity (Wildman–Crippen MR) is 91.1 cm³/mol. The van der Waals surface area contributed by atoms with Crippen molar-refractivity contribution in [2.45, 2.75) is 20.0 Å². The van der Waals surface area contributed by atoms with Crippen molar-refractivity contribution in [2.24, 2.45) is 0 Å². The van der Waals surface area contributed by atoms with E-state index in [0.29, 0.717) is 5.69 Å². The number of amides is 1. The largest absolute Gasteiger partial charge is 0.449 e. The van der Waals surface area contributed by atoms with Gasteiger partial charge in [-0.2, -0.15) is 0 Å². The van der Waals surface area contributed by atoms with Crippen molar-refractivity contribution in [3.8, 4) is 0 Å². The van der Waals surface area contributed by atoms with Crippen molar-refractivity contribution in [2.75, 3.05) is 5.32 Å². The molecule has 0 fully saturated rings. The van der Waals surface area contributed by atoms with E-state index >= 15 is 0 Å². The minimum absolute atomic E-state index is 0.0473. The van der Waals surface area contributed by atoms with E-state index in [1.54, 1.807) is 12.1 Å². The molecule has 2 aromatic rings. The van der Waals surface area contributed by atoms with Crippen LogP contribution in [0.25, 0.3) is 0 Å². The lowest BCUT2D eigenvalue weighted by Crippen LogP contribution is -2.30. The topological polar surface area (TPSA) is 55.4 Å². The number of rotatable bonds is 4. The highest BCUT2D eigenvalue weighted by atomic mass is 35.5. The van der Waals surface area contributed by atoms with Gasteiger partial charge in [-0.25, -0.2) is 4.79 Å². The molecule has 0 aromatic heterocycles. The Kier molecular flexibility index (Phi) is 5.64. The van der Waals surface area contributed by atoms with E-state index in [9.17, 15) is 9.59 Å². The lowest BCUT2D eigenvalue weighted by molar-refractivity contribution is -0.123.